The molecule has 1 atom stereocenters. The fourth-order valence-electron chi connectivity index (χ4n) is 2.11. The van der Waals surface area contributed by atoms with Gasteiger partial charge in [0.25, 0.3) is 5.91 Å². The molecule has 0 N–H and O–H groups in total. The number of hydrogen-bond acceptors (Lipinski definition) is 3. The molecule has 0 radical (unpaired) electrons. The van der Waals surface area contributed by atoms with Gasteiger partial charge in [0.2, 0.25) is 11.9 Å². The van der Waals surface area contributed by atoms with Gasteiger partial charge in [-0.15, -0.1) is 0 Å². The molecule has 0 aliphatic carbocycles. The zero-order valence-electron chi connectivity index (χ0n) is 10.7. The maximum absolute atomic E-state index is 13.5. The molecule has 1 saturated heterocycles. The maximum atomic E-state index is 13.5. The van der Waals surface area contributed by atoms with Gasteiger partial charge in [0.1, 0.15) is 0 Å². The summed E-state index contributed by atoms with van der Waals surface area (Å²) in [5.41, 5.74) is -0.453. The van der Waals surface area contributed by atoms with Crippen molar-refractivity contribution < 1.29 is 18.4 Å². The fourth-order valence-corrected chi connectivity index (χ4v) is 2.11. The predicted molar refractivity (Wildman–Crippen MR) is 63.1 cm³/mol. The van der Waals surface area contributed by atoms with Crippen LogP contribution in [0.3, 0.4) is 0 Å². The lowest BCUT2D eigenvalue weighted by Crippen LogP contribution is -2.33. The van der Waals surface area contributed by atoms with Crippen molar-refractivity contribution in [2.45, 2.75) is 20.3 Å². The van der Waals surface area contributed by atoms with E-state index < -0.39 is 23.2 Å². The SMILES string of the molecule is CC(C)C1CC(=O)N(C(=O)c2ccnc(F)c2F)C1. The van der Waals surface area contributed by atoms with Crippen molar-refractivity contribution in [2.24, 2.45) is 11.8 Å². The quantitative estimate of drug-likeness (QED) is 0.609. The molecule has 1 aliphatic heterocycles. The van der Waals surface area contributed by atoms with Crippen molar-refractivity contribution >= 4 is 11.8 Å². The van der Waals surface area contributed by atoms with Crippen LogP contribution >= 0.6 is 0 Å². The van der Waals surface area contributed by atoms with E-state index in [-0.39, 0.29) is 30.7 Å². The smallest absolute Gasteiger partial charge is 0.263 e. The molecule has 0 bridgehead atoms. The summed E-state index contributed by atoms with van der Waals surface area (Å²) in [4.78, 5) is 27.9. The molecule has 2 rings (SSSR count). The minimum Gasteiger partial charge on any atom is -0.278 e. The zero-order valence-corrected chi connectivity index (χ0v) is 10.7. The molecule has 1 aromatic rings. The van der Waals surface area contributed by atoms with Gasteiger partial charge in [-0.05, 0) is 17.9 Å². The van der Waals surface area contributed by atoms with Crippen LogP contribution in [0.5, 0.6) is 0 Å². The molecule has 102 valence electrons. The monoisotopic (exact) mass is 268 g/mol. The number of rotatable bonds is 2. The Balaban J connectivity index is 2.25. The Hall–Kier alpha value is -1.85. The minimum atomic E-state index is -1.34. The topological polar surface area (TPSA) is 50.3 Å². The summed E-state index contributed by atoms with van der Waals surface area (Å²) < 4.78 is 26.5. The standard InChI is InChI=1S/C13H14F2N2O2/c1-7(2)8-5-10(18)17(6-8)13(19)9-3-4-16-12(15)11(9)14/h3-4,7-8H,5-6H2,1-2H3. The Bertz CT molecular complexity index is 531. The maximum Gasteiger partial charge on any atom is 0.263 e. The molecule has 6 heteroatoms. The second kappa shape index (κ2) is 5.03. The van der Waals surface area contributed by atoms with E-state index in [1.54, 1.807) is 0 Å². The first kappa shape index (κ1) is 13.6. The second-order valence-corrected chi connectivity index (χ2v) is 4.98. The van der Waals surface area contributed by atoms with Crippen molar-refractivity contribution in [2.75, 3.05) is 6.54 Å². The molecule has 0 aromatic carbocycles. The van der Waals surface area contributed by atoms with Gasteiger partial charge in [-0.25, -0.2) is 9.37 Å². The number of amides is 2. The molecular weight excluding hydrogens is 254 g/mol. The predicted octanol–water partition coefficient (Wildman–Crippen LogP) is 2.00. The lowest BCUT2D eigenvalue weighted by atomic mass is 9.95. The van der Waals surface area contributed by atoms with Gasteiger partial charge >= 0.3 is 0 Å². The summed E-state index contributed by atoms with van der Waals surface area (Å²) in [6, 6.07) is 1.08. The Kier molecular flexibility index (Phi) is 3.59. The fraction of sp³-hybridized carbons (Fsp3) is 0.462. The average molecular weight is 268 g/mol. The third-order valence-electron chi connectivity index (χ3n) is 3.42. The highest BCUT2D eigenvalue weighted by atomic mass is 19.2. The molecular formula is C13H14F2N2O2. The molecule has 2 heterocycles. The van der Waals surface area contributed by atoms with Crippen LogP contribution < -0.4 is 0 Å². The number of carbonyl (C=O) groups excluding carboxylic acids is 2. The van der Waals surface area contributed by atoms with Crippen LogP contribution in [0.4, 0.5) is 8.78 Å². The highest BCUT2D eigenvalue weighted by Gasteiger charge is 2.36. The van der Waals surface area contributed by atoms with Crippen LogP contribution in [0.15, 0.2) is 12.3 Å². The Morgan fingerprint density at radius 2 is 2.16 bits per heavy atom. The summed E-state index contributed by atoms with van der Waals surface area (Å²) in [5, 5.41) is 0. The minimum absolute atomic E-state index is 0.0613. The number of pyridine rings is 1. The lowest BCUT2D eigenvalue weighted by molar-refractivity contribution is -0.125. The van der Waals surface area contributed by atoms with Gasteiger partial charge < -0.3 is 0 Å². The molecule has 0 spiro atoms. The van der Waals surface area contributed by atoms with E-state index in [1.807, 2.05) is 13.8 Å². The van der Waals surface area contributed by atoms with Crippen molar-refractivity contribution in [3.8, 4) is 0 Å². The Labute approximate surface area is 109 Å². The first-order valence-electron chi connectivity index (χ1n) is 6.06. The Morgan fingerprint density at radius 1 is 1.47 bits per heavy atom. The normalized spacial score (nSPS) is 19.3. The van der Waals surface area contributed by atoms with Crippen LogP contribution in [0.2, 0.25) is 0 Å². The number of carbonyl (C=O) groups is 2. The van der Waals surface area contributed by atoms with Gasteiger partial charge in [0.15, 0.2) is 5.82 Å². The van der Waals surface area contributed by atoms with Gasteiger partial charge in [0, 0.05) is 19.2 Å². The van der Waals surface area contributed by atoms with E-state index in [0.29, 0.717) is 0 Å². The van der Waals surface area contributed by atoms with Crippen molar-refractivity contribution in [3.63, 3.8) is 0 Å². The third-order valence-corrected chi connectivity index (χ3v) is 3.42. The van der Waals surface area contributed by atoms with E-state index in [4.69, 9.17) is 0 Å². The largest absolute Gasteiger partial charge is 0.278 e. The van der Waals surface area contributed by atoms with Gasteiger partial charge in [-0.3, -0.25) is 14.5 Å². The highest BCUT2D eigenvalue weighted by molar-refractivity contribution is 6.05. The second-order valence-electron chi connectivity index (χ2n) is 4.98. The number of likely N-dealkylation sites (tertiary alicyclic amines) is 1. The van der Waals surface area contributed by atoms with Gasteiger partial charge in [-0.1, -0.05) is 13.8 Å². The average Bonchev–Trinajstić information content (AvgIpc) is 2.74. The number of imide groups is 1. The van der Waals surface area contributed by atoms with Crippen LogP contribution in [-0.4, -0.2) is 28.2 Å². The van der Waals surface area contributed by atoms with Crippen LogP contribution in [0.1, 0.15) is 30.6 Å². The number of hydrogen-bond donors (Lipinski definition) is 0. The van der Waals surface area contributed by atoms with E-state index in [1.165, 1.54) is 0 Å². The molecule has 4 nitrogen and oxygen atoms in total. The van der Waals surface area contributed by atoms with Crippen LogP contribution in [0, 0.1) is 23.6 Å². The first-order chi connectivity index (χ1) is 8.91. The number of aromatic nitrogens is 1. The molecule has 1 fully saturated rings. The molecule has 1 aromatic heterocycles. The number of halogens is 2. The molecule has 2 amide bonds. The Morgan fingerprint density at radius 3 is 2.74 bits per heavy atom. The van der Waals surface area contributed by atoms with Crippen LogP contribution in [0.25, 0.3) is 0 Å². The zero-order chi connectivity index (χ0) is 14.2. The molecule has 0 saturated carbocycles. The van der Waals surface area contributed by atoms with Gasteiger partial charge in [0.05, 0.1) is 5.56 Å². The lowest BCUT2D eigenvalue weighted by Gasteiger charge is -2.16. The highest BCUT2D eigenvalue weighted by Crippen LogP contribution is 2.26. The van der Waals surface area contributed by atoms with E-state index in [9.17, 15) is 18.4 Å². The summed E-state index contributed by atoms with van der Waals surface area (Å²) in [6.07, 6.45) is 1.27. The number of nitrogens with zero attached hydrogens (tertiary/aromatic N) is 2. The summed E-state index contributed by atoms with van der Waals surface area (Å²) >= 11 is 0. The third kappa shape index (κ3) is 2.47. The van der Waals surface area contributed by atoms with Crippen LogP contribution in [-0.2, 0) is 4.79 Å². The summed E-state index contributed by atoms with van der Waals surface area (Å²) in [6.45, 7) is 4.16. The summed E-state index contributed by atoms with van der Waals surface area (Å²) in [5.74, 6) is -3.48. The van der Waals surface area contributed by atoms with Gasteiger partial charge in [-0.2, -0.15) is 4.39 Å². The van der Waals surface area contributed by atoms with E-state index in [0.717, 1.165) is 17.2 Å². The summed E-state index contributed by atoms with van der Waals surface area (Å²) in [7, 11) is 0. The molecule has 1 unspecified atom stereocenters. The van der Waals surface area contributed by atoms with Crippen molar-refractivity contribution in [1.82, 2.24) is 9.88 Å². The molecule has 1 aliphatic rings. The van der Waals surface area contributed by atoms with Crippen molar-refractivity contribution in [1.29, 1.82) is 0 Å². The first-order valence-corrected chi connectivity index (χ1v) is 6.06. The van der Waals surface area contributed by atoms with Crippen molar-refractivity contribution in [3.05, 3.63) is 29.6 Å². The van der Waals surface area contributed by atoms with E-state index in [2.05, 4.69) is 4.98 Å². The molecule has 19 heavy (non-hydrogen) atoms. The van der Waals surface area contributed by atoms with E-state index >= 15 is 0 Å².